The number of amides is 2. The second kappa shape index (κ2) is 8.68. The molecule has 6 nitrogen and oxygen atoms in total. The Labute approximate surface area is 127 Å². The van der Waals surface area contributed by atoms with E-state index in [-0.39, 0.29) is 18.1 Å². The third-order valence-corrected chi connectivity index (χ3v) is 2.59. The maximum atomic E-state index is 13.4. The minimum Gasteiger partial charge on any atom is -0.366 e. The lowest BCUT2D eigenvalue weighted by atomic mass is 10.1. The van der Waals surface area contributed by atoms with Crippen LogP contribution in [0.25, 0.3) is 0 Å². The van der Waals surface area contributed by atoms with Crippen molar-refractivity contribution in [1.29, 1.82) is 0 Å². The summed E-state index contributed by atoms with van der Waals surface area (Å²) in [4.78, 5) is 34.5. The van der Waals surface area contributed by atoms with E-state index < -0.39 is 17.6 Å². The topological polar surface area (TPSA) is 84.5 Å². The molecule has 2 N–H and O–H groups in total. The Morgan fingerprint density at radius 1 is 1.27 bits per heavy atom. The van der Waals surface area contributed by atoms with Crippen molar-refractivity contribution in [2.24, 2.45) is 0 Å². The van der Waals surface area contributed by atoms with Crippen molar-refractivity contribution in [1.82, 2.24) is 10.6 Å². The van der Waals surface area contributed by atoms with Crippen LogP contribution in [0, 0.1) is 0 Å². The Bertz CT molecular complexity index is 599. The van der Waals surface area contributed by atoms with Gasteiger partial charge in [0.1, 0.15) is 6.73 Å². The van der Waals surface area contributed by atoms with Gasteiger partial charge in [-0.05, 0) is 26.0 Å². The molecule has 7 heteroatoms. The summed E-state index contributed by atoms with van der Waals surface area (Å²) in [5.74, 6) is -3.34. The maximum absolute atomic E-state index is 13.4. The van der Waals surface area contributed by atoms with Crippen LogP contribution in [0.1, 0.15) is 34.6 Å². The van der Waals surface area contributed by atoms with Gasteiger partial charge >= 0.3 is 0 Å². The van der Waals surface area contributed by atoms with Crippen LogP contribution in [0.4, 0.5) is 4.39 Å². The molecular weight excluding hydrogens is 291 g/mol. The Morgan fingerprint density at radius 2 is 1.95 bits per heavy atom. The van der Waals surface area contributed by atoms with Gasteiger partial charge < -0.3 is 10.1 Å². The van der Waals surface area contributed by atoms with Crippen LogP contribution < -0.4 is 10.6 Å². The molecule has 1 rings (SSSR count). The SMILES string of the molecule is CCOCN/C=C(/F)C(=O)NC(=O)c1cccc(C(C)=O)c1. The first-order valence-electron chi connectivity index (χ1n) is 6.59. The van der Waals surface area contributed by atoms with Crippen molar-refractivity contribution in [3.63, 3.8) is 0 Å². The molecule has 1 aromatic carbocycles. The number of benzene rings is 1. The van der Waals surface area contributed by atoms with Crippen LogP contribution in [-0.4, -0.2) is 30.9 Å². The standard InChI is InChI=1S/C15H17FN2O4/c1-3-22-9-17-8-13(16)15(21)18-14(20)12-6-4-5-11(7-12)10(2)19/h4-8,17H,3,9H2,1-2H3,(H,18,20,21)/b13-8+. The first kappa shape index (κ1) is 17.5. The quantitative estimate of drug-likeness (QED) is 0.345. The normalized spacial score (nSPS) is 11.0. The van der Waals surface area contributed by atoms with Crippen molar-refractivity contribution in [3.05, 3.63) is 47.4 Å². The number of ketones is 1. The van der Waals surface area contributed by atoms with Crippen molar-refractivity contribution >= 4 is 17.6 Å². The van der Waals surface area contributed by atoms with Crippen LogP contribution in [0.2, 0.25) is 0 Å². The summed E-state index contributed by atoms with van der Waals surface area (Å²) in [6.45, 7) is 3.61. The maximum Gasteiger partial charge on any atom is 0.288 e. The smallest absolute Gasteiger partial charge is 0.288 e. The number of hydrogen-bond acceptors (Lipinski definition) is 5. The molecule has 0 saturated heterocycles. The van der Waals surface area contributed by atoms with Crippen LogP contribution in [0.3, 0.4) is 0 Å². The molecule has 0 aliphatic carbocycles. The van der Waals surface area contributed by atoms with Crippen molar-refractivity contribution in [3.8, 4) is 0 Å². The van der Waals surface area contributed by atoms with Gasteiger partial charge in [-0.25, -0.2) is 0 Å². The second-order valence-corrected chi connectivity index (χ2v) is 4.25. The van der Waals surface area contributed by atoms with Crippen LogP contribution in [0.15, 0.2) is 36.3 Å². The van der Waals surface area contributed by atoms with Crippen LogP contribution >= 0.6 is 0 Å². The van der Waals surface area contributed by atoms with Crippen molar-refractivity contribution in [2.45, 2.75) is 13.8 Å². The molecule has 0 fully saturated rings. The number of imide groups is 1. The number of rotatable bonds is 7. The molecule has 22 heavy (non-hydrogen) atoms. The predicted octanol–water partition coefficient (Wildman–Crippen LogP) is 1.54. The fourth-order valence-corrected chi connectivity index (χ4v) is 1.47. The summed E-state index contributed by atoms with van der Waals surface area (Å²) in [6, 6.07) is 5.80. The highest BCUT2D eigenvalue weighted by atomic mass is 19.1. The zero-order chi connectivity index (χ0) is 16.5. The summed E-state index contributed by atoms with van der Waals surface area (Å²) < 4.78 is 18.3. The third kappa shape index (κ3) is 5.45. The number of ether oxygens (including phenoxy) is 1. The molecule has 0 aromatic heterocycles. The zero-order valence-electron chi connectivity index (χ0n) is 12.3. The van der Waals surface area contributed by atoms with E-state index in [9.17, 15) is 18.8 Å². The van der Waals surface area contributed by atoms with E-state index in [1.165, 1.54) is 25.1 Å². The lowest BCUT2D eigenvalue weighted by Crippen LogP contribution is -2.31. The molecule has 0 aliphatic heterocycles. The van der Waals surface area contributed by atoms with E-state index >= 15 is 0 Å². The molecule has 2 amide bonds. The van der Waals surface area contributed by atoms with Crippen LogP contribution in [-0.2, 0) is 9.53 Å². The summed E-state index contributed by atoms with van der Waals surface area (Å²) in [6.07, 6.45) is 0.810. The second-order valence-electron chi connectivity index (χ2n) is 4.25. The molecular formula is C15H17FN2O4. The number of carbonyl (C=O) groups is 3. The lowest BCUT2D eigenvalue weighted by molar-refractivity contribution is -0.118. The van der Waals surface area contributed by atoms with E-state index in [0.717, 1.165) is 6.20 Å². The van der Waals surface area contributed by atoms with Gasteiger partial charge in [0.25, 0.3) is 11.8 Å². The van der Waals surface area contributed by atoms with Gasteiger partial charge in [0.05, 0.1) is 0 Å². The molecule has 0 heterocycles. The summed E-state index contributed by atoms with van der Waals surface area (Å²) in [7, 11) is 0. The molecule has 0 bridgehead atoms. The number of hydrogen-bond donors (Lipinski definition) is 2. The highest BCUT2D eigenvalue weighted by molar-refractivity contribution is 6.10. The van der Waals surface area contributed by atoms with Gasteiger partial charge in [-0.1, -0.05) is 12.1 Å². The first-order valence-corrected chi connectivity index (χ1v) is 6.59. The van der Waals surface area contributed by atoms with Gasteiger partial charge in [-0.3, -0.25) is 19.7 Å². The van der Waals surface area contributed by atoms with E-state index in [2.05, 4.69) is 5.32 Å². The minimum absolute atomic E-state index is 0.0474. The summed E-state index contributed by atoms with van der Waals surface area (Å²) >= 11 is 0. The highest BCUT2D eigenvalue weighted by Gasteiger charge is 2.15. The van der Waals surface area contributed by atoms with Gasteiger partial charge in [0.2, 0.25) is 5.83 Å². The zero-order valence-corrected chi connectivity index (χ0v) is 12.3. The number of Topliss-reactive ketones (excluding diaryl/α,β-unsaturated/α-hetero) is 1. The Balaban J connectivity index is 2.65. The van der Waals surface area contributed by atoms with Gasteiger partial charge in [-0.15, -0.1) is 0 Å². The lowest BCUT2D eigenvalue weighted by Gasteiger charge is -2.05. The Morgan fingerprint density at radius 3 is 2.59 bits per heavy atom. The summed E-state index contributed by atoms with van der Waals surface area (Å²) in [5.41, 5.74) is 0.422. The van der Waals surface area contributed by atoms with Gasteiger partial charge in [-0.2, -0.15) is 4.39 Å². The third-order valence-electron chi connectivity index (χ3n) is 2.59. The molecule has 0 aliphatic rings. The van der Waals surface area contributed by atoms with Gasteiger partial charge in [0.15, 0.2) is 5.78 Å². The van der Waals surface area contributed by atoms with E-state index in [1.54, 1.807) is 13.0 Å². The average Bonchev–Trinajstić information content (AvgIpc) is 2.51. The van der Waals surface area contributed by atoms with Crippen molar-refractivity contribution in [2.75, 3.05) is 13.3 Å². The van der Waals surface area contributed by atoms with Crippen LogP contribution in [0.5, 0.6) is 0 Å². The molecule has 118 valence electrons. The first-order chi connectivity index (χ1) is 10.5. The molecule has 0 spiro atoms. The van der Waals surface area contributed by atoms with E-state index in [4.69, 9.17) is 4.74 Å². The number of halogens is 1. The molecule has 0 radical (unpaired) electrons. The predicted molar refractivity (Wildman–Crippen MR) is 77.7 cm³/mol. The minimum atomic E-state index is -1.18. The van der Waals surface area contributed by atoms with E-state index in [1.807, 2.05) is 5.32 Å². The molecule has 0 unspecified atom stereocenters. The number of nitrogens with one attached hydrogen (secondary N) is 2. The van der Waals surface area contributed by atoms with Gasteiger partial charge in [0, 0.05) is 23.9 Å². The molecule has 0 atom stereocenters. The average molecular weight is 308 g/mol. The Hall–Kier alpha value is -2.54. The highest BCUT2D eigenvalue weighted by Crippen LogP contribution is 2.06. The Kier molecular flexibility index (Phi) is 6.91. The van der Waals surface area contributed by atoms with E-state index in [0.29, 0.717) is 12.2 Å². The molecule has 1 aromatic rings. The summed E-state index contributed by atoms with van der Waals surface area (Å²) in [5, 5.41) is 4.32. The monoisotopic (exact) mass is 308 g/mol. The molecule has 0 saturated carbocycles. The fraction of sp³-hybridized carbons (Fsp3) is 0.267. The fourth-order valence-electron chi connectivity index (χ4n) is 1.47. The number of carbonyl (C=O) groups excluding carboxylic acids is 3. The largest absolute Gasteiger partial charge is 0.366 e. The van der Waals surface area contributed by atoms with Crippen molar-refractivity contribution < 1.29 is 23.5 Å².